The summed E-state index contributed by atoms with van der Waals surface area (Å²) in [5, 5.41) is 13.7. The highest BCUT2D eigenvalue weighted by atomic mass is 16.4. The number of amides is 1. The Kier molecular flexibility index (Phi) is 3.55. The molecule has 0 aliphatic heterocycles. The van der Waals surface area contributed by atoms with Gasteiger partial charge in [-0.2, -0.15) is 0 Å². The van der Waals surface area contributed by atoms with Crippen LogP contribution in [0, 0.1) is 12.8 Å². The molecule has 1 aliphatic carbocycles. The maximum Gasteiger partial charge on any atom is 0.251 e. The van der Waals surface area contributed by atoms with Gasteiger partial charge in [-0.25, -0.2) is 0 Å². The van der Waals surface area contributed by atoms with Crippen molar-refractivity contribution in [1.29, 1.82) is 0 Å². The molecule has 2 aromatic rings. The molecule has 21 heavy (non-hydrogen) atoms. The van der Waals surface area contributed by atoms with Gasteiger partial charge in [0.1, 0.15) is 11.4 Å². The second-order valence-corrected chi connectivity index (χ2v) is 5.73. The van der Waals surface area contributed by atoms with Crippen molar-refractivity contribution in [1.82, 2.24) is 5.32 Å². The van der Waals surface area contributed by atoms with E-state index in [4.69, 9.17) is 4.42 Å². The first-order valence-corrected chi connectivity index (χ1v) is 7.21. The predicted octanol–water partition coefficient (Wildman–Crippen LogP) is 2.62. The van der Waals surface area contributed by atoms with E-state index >= 15 is 0 Å². The molecule has 4 nitrogen and oxygen atoms in total. The molecule has 0 spiro atoms. The minimum Gasteiger partial charge on any atom is -0.466 e. The van der Waals surface area contributed by atoms with Crippen LogP contribution in [0.3, 0.4) is 0 Å². The number of furan rings is 1. The normalized spacial score (nSPS) is 17.2. The molecule has 0 bridgehead atoms. The molecular weight excluding hydrogens is 266 g/mol. The number of carbonyl (C=O) groups excluding carboxylic acids is 1. The third kappa shape index (κ3) is 2.85. The van der Waals surface area contributed by atoms with Crippen molar-refractivity contribution in [3.8, 4) is 0 Å². The van der Waals surface area contributed by atoms with Gasteiger partial charge < -0.3 is 14.8 Å². The minimum absolute atomic E-state index is 0.154. The van der Waals surface area contributed by atoms with Gasteiger partial charge in [0.05, 0.1) is 12.8 Å². The summed E-state index contributed by atoms with van der Waals surface area (Å²) < 4.78 is 5.36. The van der Waals surface area contributed by atoms with Gasteiger partial charge in [-0.1, -0.05) is 17.7 Å². The summed E-state index contributed by atoms with van der Waals surface area (Å²) >= 11 is 0. The lowest BCUT2D eigenvalue weighted by atomic mass is 9.94. The zero-order chi connectivity index (χ0) is 14.9. The van der Waals surface area contributed by atoms with Crippen molar-refractivity contribution in [3.05, 3.63) is 59.5 Å². The molecule has 1 aromatic heterocycles. The average molecular weight is 285 g/mol. The van der Waals surface area contributed by atoms with Crippen molar-refractivity contribution >= 4 is 5.91 Å². The summed E-state index contributed by atoms with van der Waals surface area (Å²) in [6.07, 6.45) is 3.46. The number of rotatable bonds is 5. The van der Waals surface area contributed by atoms with E-state index in [1.165, 1.54) is 0 Å². The lowest BCUT2D eigenvalue weighted by molar-refractivity contribution is -0.00610. The zero-order valence-electron chi connectivity index (χ0n) is 12.0. The molecule has 1 fully saturated rings. The van der Waals surface area contributed by atoms with Crippen molar-refractivity contribution in [3.63, 3.8) is 0 Å². The second-order valence-electron chi connectivity index (χ2n) is 5.73. The van der Waals surface area contributed by atoms with Crippen LogP contribution in [0.1, 0.15) is 34.5 Å². The Bertz CT molecular complexity index is 631. The molecule has 2 N–H and O–H groups in total. The number of benzene rings is 1. The summed E-state index contributed by atoms with van der Waals surface area (Å²) in [6, 6.07) is 10.9. The quantitative estimate of drug-likeness (QED) is 0.887. The Labute approximate surface area is 123 Å². The fraction of sp³-hybridized carbons (Fsp3) is 0.353. The predicted molar refractivity (Wildman–Crippen MR) is 78.8 cm³/mol. The monoisotopic (exact) mass is 285 g/mol. The summed E-state index contributed by atoms with van der Waals surface area (Å²) in [5.74, 6) is 0.500. The Hall–Kier alpha value is -2.07. The van der Waals surface area contributed by atoms with Crippen LogP contribution in [0.2, 0.25) is 0 Å². The third-order valence-electron chi connectivity index (χ3n) is 4.00. The molecule has 4 heteroatoms. The molecule has 3 rings (SSSR count). The Morgan fingerprint density at radius 3 is 2.81 bits per heavy atom. The van der Waals surface area contributed by atoms with Crippen LogP contribution >= 0.6 is 0 Å². The SMILES string of the molecule is Cc1cccc(C(=O)NC[C@@](O)(c2ccco2)C2CC2)c1. The van der Waals surface area contributed by atoms with Gasteiger partial charge in [-0.05, 0) is 49.9 Å². The first-order chi connectivity index (χ1) is 10.1. The lowest BCUT2D eigenvalue weighted by Crippen LogP contribution is -2.42. The Morgan fingerprint density at radius 1 is 1.38 bits per heavy atom. The number of hydrogen-bond acceptors (Lipinski definition) is 3. The van der Waals surface area contributed by atoms with Gasteiger partial charge >= 0.3 is 0 Å². The van der Waals surface area contributed by atoms with Crippen molar-refractivity contribution in [2.75, 3.05) is 6.54 Å². The minimum atomic E-state index is -1.11. The van der Waals surface area contributed by atoms with Crippen LogP contribution in [0.4, 0.5) is 0 Å². The van der Waals surface area contributed by atoms with Crippen LogP contribution in [-0.2, 0) is 5.60 Å². The molecule has 0 radical (unpaired) electrons. The Balaban J connectivity index is 1.72. The largest absolute Gasteiger partial charge is 0.466 e. The fourth-order valence-electron chi connectivity index (χ4n) is 2.62. The number of aryl methyl sites for hydroxylation is 1. The average Bonchev–Trinajstić information content (AvgIpc) is 3.19. The van der Waals surface area contributed by atoms with Gasteiger partial charge in [0, 0.05) is 5.56 Å². The van der Waals surface area contributed by atoms with E-state index in [2.05, 4.69) is 5.32 Å². The molecule has 0 saturated heterocycles. The number of aliphatic hydroxyl groups is 1. The molecule has 1 heterocycles. The molecule has 1 aromatic carbocycles. The van der Waals surface area contributed by atoms with Gasteiger partial charge in [0.25, 0.3) is 5.91 Å². The van der Waals surface area contributed by atoms with Crippen LogP contribution in [0.15, 0.2) is 47.1 Å². The topological polar surface area (TPSA) is 62.5 Å². The van der Waals surface area contributed by atoms with Gasteiger partial charge in [0.2, 0.25) is 0 Å². The van der Waals surface area contributed by atoms with Crippen LogP contribution in [-0.4, -0.2) is 17.6 Å². The van der Waals surface area contributed by atoms with E-state index in [0.717, 1.165) is 18.4 Å². The molecule has 110 valence electrons. The summed E-state index contributed by atoms with van der Waals surface area (Å²) in [7, 11) is 0. The van der Waals surface area contributed by atoms with E-state index in [0.29, 0.717) is 11.3 Å². The highest BCUT2D eigenvalue weighted by Gasteiger charge is 2.47. The maximum absolute atomic E-state index is 12.2. The Morgan fingerprint density at radius 2 is 2.19 bits per heavy atom. The van der Waals surface area contributed by atoms with Gasteiger partial charge in [-0.15, -0.1) is 0 Å². The zero-order valence-corrected chi connectivity index (χ0v) is 12.0. The van der Waals surface area contributed by atoms with E-state index in [9.17, 15) is 9.90 Å². The molecule has 1 amide bonds. The first kappa shape index (κ1) is 13.9. The standard InChI is InChI=1S/C17H19NO3/c1-12-4-2-5-13(10-12)16(19)18-11-17(20,14-7-8-14)15-6-3-9-21-15/h2-6,9-10,14,20H,7-8,11H2,1H3,(H,18,19)/t17-/m0/s1. The van der Waals surface area contributed by atoms with Crippen molar-refractivity contribution < 1.29 is 14.3 Å². The second kappa shape index (κ2) is 5.37. The number of carbonyl (C=O) groups is 1. The summed E-state index contributed by atoms with van der Waals surface area (Å²) in [4.78, 5) is 12.2. The van der Waals surface area contributed by atoms with E-state index in [1.807, 2.05) is 25.1 Å². The van der Waals surface area contributed by atoms with Gasteiger partial charge in [-0.3, -0.25) is 4.79 Å². The van der Waals surface area contributed by atoms with E-state index in [-0.39, 0.29) is 18.4 Å². The van der Waals surface area contributed by atoms with E-state index < -0.39 is 5.60 Å². The highest BCUT2D eigenvalue weighted by Crippen LogP contribution is 2.45. The molecular formula is C17H19NO3. The smallest absolute Gasteiger partial charge is 0.251 e. The maximum atomic E-state index is 12.2. The highest BCUT2D eigenvalue weighted by molar-refractivity contribution is 5.94. The molecule has 0 unspecified atom stereocenters. The van der Waals surface area contributed by atoms with Crippen LogP contribution in [0.25, 0.3) is 0 Å². The van der Waals surface area contributed by atoms with Crippen molar-refractivity contribution in [2.24, 2.45) is 5.92 Å². The summed E-state index contributed by atoms with van der Waals surface area (Å²) in [6.45, 7) is 2.11. The van der Waals surface area contributed by atoms with Crippen molar-refractivity contribution in [2.45, 2.75) is 25.4 Å². The van der Waals surface area contributed by atoms with Crippen LogP contribution in [0.5, 0.6) is 0 Å². The molecule has 1 saturated carbocycles. The first-order valence-electron chi connectivity index (χ1n) is 7.21. The molecule has 1 aliphatic rings. The van der Waals surface area contributed by atoms with E-state index in [1.54, 1.807) is 24.5 Å². The fourth-order valence-corrected chi connectivity index (χ4v) is 2.62. The molecule has 1 atom stereocenters. The van der Waals surface area contributed by atoms with Crippen LogP contribution < -0.4 is 5.32 Å². The van der Waals surface area contributed by atoms with Gasteiger partial charge in [0.15, 0.2) is 0 Å². The number of nitrogens with one attached hydrogen (secondary N) is 1. The lowest BCUT2D eigenvalue weighted by Gasteiger charge is -2.26. The third-order valence-corrected chi connectivity index (χ3v) is 4.00. The number of hydrogen-bond donors (Lipinski definition) is 2. The summed E-state index contributed by atoms with van der Waals surface area (Å²) in [5.41, 5.74) is 0.530.